The van der Waals surface area contributed by atoms with E-state index in [9.17, 15) is 31.1 Å². The van der Waals surface area contributed by atoms with Crippen molar-refractivity contribution < 1.29 is 40.6 Å². The fourth-order valence-electron chi connectivity index (χ4n) is 4.15. The normalized spacial score (nSPS) is 19.5. The highest BCUT2D eigenvalue weighted by atomic mass is 19.4. The molecule has 1 aliphatic carbocycles. The molecule has 2 aromatic carbocycles. The van der Waals surface area contributed by atoms with Crippen molar-refractivity contribution in [1.82, 2.24) is 5.32 Å². The van der Waals surface area contributed by atoms with Crippen molar-refractivity contribution in [3.63, 3.8) is 0 Å². The number of rotatable bonds is 7. The van der Waals surface area contributed by atoms with Gasteiger partial charge >= 0.3 is 18.3 Å². The van der Waals surface area contributed by atoms with Crippen LogP contribution in [-0.2, 0) is 22.3 Å². The topological polar surface area (TPSA) is 47.6 Å². The van der Waals surface area contributed by atoms with Crippen molar-refractivity contribution in [1.29, 1.82) is 0 Å². The van der Waals surface area contributed by atoms with Gasteiger partial charge in [0.15, 0.2) is 0 Å². The van der Waals surface area contributed by atoms with Crippen molar-refractivity contribution in [2.24, 2.45) is 5.92 Å². The number of ether oxygens (including phenoxy) is 2. The first-order chi connectivity index (χ1) is 15.5. The van der Waals surface area contributed by atoms with Gasteiger partial charge in [-0.2, -0.15) is 26.3 Å². The van der Waals surface area contributed by atoms with E-state index < -0.39 is 35.9 Å². The van der Waals surface area contributed by atoms with Gasteiger partial charge in [0, 0.05) is 6.54 Å². The summed E-state index contributed by atoms with van der Waals surface area (Å²) in [5.41, 5.74) is -0.398. The van der Waals surface area contributed by atoms with E-state index >= 15 is 0 Å². The van der Waals surface area contributed by atoms with E-state index in [1.807, 2.05) is 0 Å². The van der Waals surface area contributed by atoms with Crippen LogP contribution in [0.25, 0.3) is 10.8 Å². The summed E-state index contributed by atoms with van der Waals surface area (Å²) < 4.78 is 91.1. The first-order valence-corrected chi connectivity index (χ1v) is 10.7. The van der Waals surface area contributed by atoms with E-state index in [4.69, 9.17) is 9.47 Å². The Morgan fingerprint density at radius 3 is 2.30 bits per heavy atom. The van der Waals surface area contributed by atoms with Gasteiger partial charge in [-0.3, -0.25) is 4.79 Å². The van der Waals surface area contributed by atoms with Crippen LogP contribution in [0.1, 0.15) is 43.7 Å². The molecule has 0 heterocycles. The number of hydrogen-bond acceptors (Lipinski definition) is 4. The third-order valence-electron chi connectivity index (χ3n) is 5.72. The Morgan fingerprint density at radius 1 is 1.00 bits per heavy atom. The Hall–Kier alpha value is -2.49. The molecular formula is C23H25F6NO3. The molecule has 0 aliphatic heterocycles. The number of carbonyl (C=O) groups excluding carboxylic acids is 1. The summed E-state index contributed by atoms with van der Waals surface area (Å²) in [5, 5.41) is 3.13. The van der Waals surface area contributed by atoms with Gasteiger partial charge in [0.05, 0.1) is 25.2 Å². The molecule has 0 saturated heterocycles. The standard InChI is InChI=1S/C23H25F6NO3/c1-2-32-20(31)13-30-12-14-4-3-5-18-17(14)10-11-19(21(18)23(27,28)29)33-16-8-6-15(7-9-16)22(24,25)26/h3-5,10-11,15-16,30H,2,6-9,12-13H2,1H3/t15-,16+. The average molecular weight is 477 g/mol. The van der Waals surface area contributed by atoms with Crippen LogP contribution in [0.2, 0.25) is 0 Å². The van der Waals surface area contributed by atoms with Gasteiger partial charge in [0.1, 0.15) is 11.3 Å². The van der Waals surface area contributed by atoms with Crippen LogP contribution in [-0.4, -0.2) is 31.4 Å². The zero-order chi connectivity index (χ0) is 24.2. The summed E-state index contributed by atoms with van der Waals surface area (Å²) in [5.74, 6) is -2.30. The van der Waals surface area contributed by atoms with Crippen LogP contribution in [0.5, 0.6) is 5.75 Å². The number of nitrogens with one attached hydrogen (secondary N) is 1. The predicted molar refractivity (Wildman–Crippen MR) is 110 cm³/mol. The summed E-state index contributed by atoms with van der Waals surface area (Å²) in [6.07, 6.45) is -10.00. The number of hydrogen-bond donors (Lipinski definition) is 1. The molecule has 33 heavy (non-hydrogen) atoms. The number of fused-ring (bicyclic) bond motifs is 1. The number of alkyl halides is 6. The quantitative estimate of drug-likeness (QED) is 0.392. The molecule has 1 N–H and O–H groups in total. The second-order valence-electron chi connectivity index (χ2n) is 7.99. The second kappa shape index (κ2) is 10.2. The van der Waals surface area contributed by atoms with Crippen molar-refractivity contribution in [2.45, 2.75) is 57.6 Å². The van der Waals surface area contributed by atoms with E-state index in [-0.39, 0.29) is 56.5 Å². The first kappa shape index (κ1) is 25.1. The Kier molecular flexibility index (Phi) is 7.76. The van der Waals surface area contributed by atoms with Crippen LogP contribution in [0.3, 0.4) is 0 Å². The van der Waals surface area contributed by atoms with Crippen molar-refractivity contribution in [3.05, 3.63) is 41.5 Å². The minimum absolute atomic E-state index is 0.0390. The maximum absolute atomic E-state index is 14.0. The van der Waals surface area contributed by atoms with Gasteiger partial charge in [-0.05, 0) is 55.0 Å². The number of carbonyl (C=O) groups is 1. The largest absolute Gasteiger partial charge is 0.490 e. The summed E-state index contributed by atoms with van der Waals surface area (Å²) in [6.45, 7) is 1.96. The Morgan fingerprint density at radius 2 is 1.70 bits per heavy atom. The molecule has 0 spiro atoms. The van der Waals surface area contributed by atoms with E-state index in [0.29, 0.717) is 10.9 Å². The monoisotopic (exact) mass is 477 g/mol. The Balaban J connectivity index is 1.83. The molecule has 2 aromatic rings. The van der Waals surface area contributed by atoms with Crippen LogP contribution in [0, 0.1) is 5.92 Å². The zero-order valence-electron chi connectivity index (χ0n) is 18.0. The van der Waals surface area contributed by atoms with Gasteiger partial charge in [0.2, 0.25) is 0 Å². The third kappa shape index (κ3) is 6.31. The molecule has 0 amide bonds. The molecule has 0 unspecified atom stereocenters. The fraction of sp³-hybridized carbons (Fsp3) is 0.522. The maximum atomic E-state index is 14.0. The number of halogens is 6. The Labute approximate surface area is 187 Å². The third-order valence-corrected chi connectivity index (χ3v) is 5.72. The van der Waals surface area contributed by atoms with E-state index in [2.05, 4.69) is 5.32 Å². The summed E-state index contributed by atoms with van der Waals surface area (Å²) >= 11 is 0. The molecule has 4 nitrogen and oxygen atoms in total. The maximum Gasteiger partial charge on any atom is 0.420 e. The molecule has 1 saturated carbocycles. The molecule has 3 rings (SSSR count). The summed E-state index contributed by atoms with van der Waals surface area (Å²) in [7, 11) is 0. The molecule has 1 fully saturated rings. The van der Waals surface area contributed by atoms with Crippen LogP contribution >= 0.6 is 0 Å². The van der Waals surface area contributed by atoms with Crippen LogP contribution in [0.4, 0.5) is 26.3 Å². The van der Waals surface area contributed by atoms with Crippen LogP contribution in [0.15, 0.2) is 30.3 Å². The molecule has 0 aromatic heterocycles. The highest BCUT2D eigenvalue weighted by Gasteiger charge is 2.42. The molecule has 0 atom stereocenters. The summed E-state index contributed by atoms with van der Waals surface area (Å²) in [4.78, 5) is 11.5. The minimum Gasteiger partial charge on any atom is -0.490 e. The second-order valence-corrected chi connectivity index (χ2v) is 7.99. The molecule has 10 heteroatoms. The lowest BCUT2D eigenvalue weighted by Gasteiger charge is -2.31. The van der Waals surface area contributed by atoms with Crippen molar-refractivity contribution in [3.8, 4) is 5.75 Å². The molecule has 182 valence electrons. The predicted octanol–water partition coefficient (Wildman–Crippen LogP) is 6.01. The number of esters is 1. The number of benzene rings is 2. The fourth-order valence-corrected chi connectivity index (χ4v) is 4.15. The van der Waals surface area contributed by atoms with Gasteiger partial charge in [-0.15, -0.1) is 0 Å². The lowest BCUT2D eigenvalue weighted by molar-refractivity contribution is -0.185. The van der Waals surface area contributed by atoms with Gasteiger partial charge in [-0.1, -0.05) is 24.3 Å². The average Bonchev–Trinajstić information content (AvgIpc) is 2.72. The molecular weight excluding hydrogens is 452 g/mol. The van der Waals surface area contributed by atoms with Crippen molar-refractivity contribution >= 4 is 16.7 Å². The van der Waals surface area contributed by atoms with E-state index in [0.717, 1.165) is 0 Å². The Bertz CT molecular complexity index is 965. The zero-order valence-corrected chi connectivity index (χ0v) is 18.0. The highest BCUT2D eigenvalue weighted by molar-refractivity contribution is 5.91. The van der Waals surface area contributed by atoms with E-state index in [1.165, 1.54) is 24.3 Å². The van der Waals surface area contributed by atoms with Gasteiger partial charge in [0.25, 0.3) is 0 Å². The molecule has 0 radical (unpaired) electrons. The highest BCUT2D eigenvalue weighted by Crippen LogP contribution is 2.44. The summed E-state index contributed by atoms with van der Waals surface area (Å²) in [6, 6.07) is 7.19. The molecule has 1 aliphatic rings. The SMILES string of the molecule is CCOC(=O)CNCc1cccc2c(C(F)(F)F)c(O[C@H]3CC[C@@H](C(F)(F)F)CC3)ccc12. The molecule has 0 bridgehead atoms. The smallest absolute Gasteiger partial charge is 0.420 e. The van der Waals surface area contributed by atoms with Gasteiger partial charge < -0.3 is 14.8 Å². The van der Waals surface area contributed by atoms with E-state index in [1.54, 1.807) is 13.0 Å². The van der Waals surface area contributed by atoms with Gasteiger partial charge in [-0.25, -0.2) is 0 Å². The van der Waals surface area contributed by atoms with Crippen molar-refractivity contribution in [2.75, 3.05) is 13.2 Å². The minimum atomic E-state index is -4.73. The lowest BCUT2D eigenvalue weighted by atomic mass is 9.87. The first-order valence-electron chi connectivity index (χ1n) is 10.7. The lowest BCUT2D eigenvalue weighted by Crippen LogP contribution is -2.32. The van der Waals surface area contributed by atoms with Crippen LogP contribution < -0.4 is 10.1 Å².